The second-order valence-corrected chi connectivity index (χ2v) is 5.90. The molecule has 0 atom stereocenters. The summed E-state index contributed by atoms with van der Waals surface area (Å²) in [4.78, 5) is 16.3. The van der Waals surface area contributed by atoms with E-state index in [1.165, 1.54) is 18.3 Å². The number of hydrogen-bond donors (Lipinski definition) is 1. The van der Waals surface area contributed by atoms with Gasteiger partial charge in [-0.3, -0.25) is 0 Å². The molecule has 0 spiro atoms. The van der Waals surface area contributed by atoms with Crippen LogP contribution >= 0.6 is 0 Å². The van der Waals surface area contributed by atoms with Crippen molar-refractivity contribution in [1.29, 1.82) is 0 Å². The number of hydrogen-bond acceptors (Lipinski definition) is 3. The van der Waals surface area contributed by atoms with Crippen LogP contribution in [0.1, 0.15) is 15.9 Å². The van der Waals surface area contributed by atoms with Crippen LogP contribution in [0.2, 0.25) is 0 Å². The van der Waals surface area contributed by atoms with E-state index in [1.807, 2.05) is 30.3 Å². The van der Waals surface area contributed by atoms with E-state index in [0.29, 0.717) is 23.3 Å². The third kappa shape index (κ3) is 2.93. The summed E-state index contributed by atoms with van der Waals surface area (Å²) >= 11 is 0. The highest BCUT2D eigenvalue weighted by Crippen LogP contribution is 2.25. The van der Waals surface area contributed by atoms with Gasteiger partial charge in [0, 0.05) is 5.56 Å². The van der Waals surface area contributed by atoms with Crippen molar-refractivity contribution in [2.75, 3.05) is 0 Å². The van der Waals surface area contributed by atoms with Crippen molar-refractivity contribution in [2.45, 2.75) is 6.54 Å². The molecular weight excluding hydrogens is 333 g/mol. The summed E-state index contributed by atoms with van der Waals surface area (Å²) in [7, 11) is 0. The minimum absolute atomic E-state index is 0.138. The molecular formula is C20H14FN3O2. The van der Waals surface area contributed by atoms with Crippen LogP contribution in [0.5, 0.6) is 0 Å². The topological polar surface area (TPSA) is 68.0 Å². The smallest absolute Gasteiger partial charge is 0.336 e. The molecule has 26 heavy (non-hydrogen) atoms. The lowest BCUT2D eigenvalue weighted by atomic mass is 10.1. The van der Waals surface area contributed by atoms with Gasteiger partial charge in [-0.1, -0.05) is 42.5 Å². The lowest BCUT2D eigenvalue weighted by molar-refractivity contribution is 0.0699. The zero-order valence-electron chi connectivity index (χ0n) is 13.6. The fourth-order valence-corrected chi connectivity index (χ4v) is 2.91. The highest BCUT2D eigenvalue weighted by molar-refractivity contribution is 6.02. The van der Waals surface area contributed by atoms with E-state index in [2.05, 4.69) is 10.1 Å². The number of fused-ring (bicyclic) bond motifs is 1. The normalized spacial score (nSPS) is 11.0. The van der Waals surface area contributed by atoms with Crippen LogP contribution in [-0.2, 0) is 6.54 Å². The van der Waals surface area contributed by atoms with Gasteiger partial charge in [-0.05, 0) is 23.8 Å². The van der Waals surface area contributed by atoms with E-state index in [1.54, 1.807) is 22.9 Å². The van der Waals surface area contributed by atoms with Crippen LogP contribution in [0.4, 0.5) is 4.39 Å². The third-order valence-electron chi connectivity index (χ3n) is 4.13. The minimum atomic E-state index is -1.04. The summed E-state index contributed by atoms with van der Waals surface area (Å²) in [5, 5.41) is 14.3. The summed E-state index contributed by atoms with van der Waals surface area (Å²) < 4.78 is 15.0. The van der Waals surface area contributed by atoms with Crippen LogP contribution in [-0.4, -0.2) is 25.8 Å². The van der Waals surface area contributed by atoms with Crippen molar-refractivity contribution < 1.29 is 14.3 Å². The molecule has 1 N–H and O–H groups in total. The number of carboxylic acid groups (broad SMARTS) is 1. The van der Waals surface area contributed by atoms with Crippen molar-refractivity contribution in [3.63, 3.8) is 0 Å². The minimum Gasteiger partial charge on any atom is -0.478 e. The van der Waals surface area contributed by atoms with Crippen LogP contribution in [0.15, 0.2) is 66.9 Å². The molecule has 0 amide bonds. The van der Waals surface area contributed by atoms with E-state index in [4.69, 9.17) is 0 Å². The van der Waals surface area contributed by atoms with Gasteiger partial charge < -0.3 is 5.11 Å². The second-order valence-electron chi connectivity index (χ2n) is 5.90. The molecule has 0 saturated heterocycles. The Labute approximate surface area is 148 Å². The highest BCUT2D eigenvalue weighted by atomic mass is 19.1. The Morgan fingerprint density at radius 2 is 1.88 bits per heavy atom. The largest absolute Gasteiger partial charge is 0.478 e. The lowest BCUT2D eigenvalue weighted by Gasteiger charge is -2.07. The molecule has 0 fully saturated rings. The molecule has 0 unspecified atom stereocenters. The Balaban J connectivity index is 1.87. The number of nitrogens with zero attached hydrogens (tertiary/aromatic N) is 3. The van der Waals surface area contributed by atoms with E-state index in [0.717, 1.165) is 11.1 Å². The van der Waals surface area contributed by atoms with Crippen LogP contribution in [0.3, 0.4) is 0 Å². The van der Waals surface area contributed by atoms with Gasteiger partial charge in [-0.15, -0.1) is 0 Å². The predicted octanol–water partition coefficient (Wildman–Crippen LogP) is 3.98. The lowest BCUT2D eigenvalue weighted by Crippen LogP contribution is -2.05. The van der Waals surface area contributed by atoms with Gasteiger partial charge in [0.1, 0.15) is 5.82 Å². The Bertz CT molecular complexity index is 1110. The van der Waals surface area contributed by atoms with Crippen LogP contribution < -0.4 is 0 Å². The van der Waals surface area contributed by atoms with Gasteiger partial charge in [0.25, 0.3) is 0 Å². The first kappa shape index (κ1) is 16.0. The maximum Gasteiger partial charge on any atom is 0.336 e. The van der Waals surface area contributed by atoms with E-state index in [-0.39, 0.29) is 11.4 Å². The molecule has 5 nitrogen and oxygen atoms in total. The van der Waals surface area contributed by atoms with Gasteiger partial charge in [-0.2, -0.15) is 5.10 Å². The standard InChI is InChI=1S/C20H14FN3O2/c21-15-8-4-5-13(9-15)12-24-19-17(11-22-24)16(20(25)26)10-18(23-19)14-6-2-1-3-7-14/h1-11H,12H2,(H,25,26). The number of halogens is 1. The number of carboxylic acids is 1. The first-order chi connectivity index (χ1) is 12.6. The quantitative estimate of drug-likeness (QED) is 0.606. The number of aromatic nitrogens is 3. The van der Waals surface area contributed by atoms with Gasteiger partial charge in [-0.25, -0.2) is 18.9 Å². The molecule has 4 aromatic rings. The van der Waals surface area contributed by atoms with Gasteiger partial charge in [0.15, 0.2) is 5.65 Å². The number of rotatable bonds is 4. The highest BCUT2D eigenvalue weighted by Gasteiger charge is 2.17. The molecule has 0 saturated carbocycles. The Morgan fingerprint density at radius 1 is 1.08 bits per heavy atom. The maximum atomic E-state index is 13.4. The Hall–Kier alpha value is -3.54. The molecule has 0 aliphatic carbocycles. The Morgan fingerprint density at radius 3 is 2.62 bits per heavy atom. The molecule has 2 aromatic carbocycles. The second kappa shape index (κ2) is 6.40. The fourth-order valence-electron chi connectivity index (χ4n) is 2.91. The van der Waals surface area contributed by atoms with E-state index < -0.39 is 5.97 Å². The van der Waals surface area contributed by atoms with Crippen LogP contribution in [0, 0.1) is 5.82 Å². The summed E-state index contributed by atoms with van der Waals surface area (Å²) in [5.41, 5.74) is 2.68. The predicted molar refractivity (Wildman–Crippen MR) is 95.4 cm³/mol. The third-order valence-corrected chi connectivity index (χ3v) is 4.13. The summed E-state index contributed by atoms with van der Waals surface area (Å²) in [6.07, 6.45) is 1.49. The number of aromatic carboxylic acids is 1. The monoisotopic (exact) mass is 347 g/mol. The zero-order chi connectivity index (χ0) is 18.1. The van der Waals surface area contributed by atoms with Crippen molar-refractivity contribution in [3.05, 3.63) is 83.8 Å². The Kier molecular flexibility index (Phi) is 3.93. The first-order valence-corrected chi connectivity index (χ1v) is 8.01. The molecule has 0 bridgehead atoms. The number of carbonyl (C=O) groups is 1. The molecule has 2 aromatic heterocycles. The van der Waals surface area contributed by atoms with Crippen molar-refractivity contribution in [3.8, 4) is 11.3 Å². The van der Waals surface area contributed by atoms with E-state index >= 15 is 0 Å². The summed E-state index contributed by atoms with van der Waals surface area (Å²) in [6, 6.07) is 17.1. The van der Waals surface area contributed by atoms with Gasteiger partial charge in [0.2, 0.25) is 0 Å². The molecule has 128 valence electrons. The molecule has 0 radical (unpaired) electrons. The number of benzene rings is 2. The maximum absolute atomic E-state index is 13.4. The molecule has 4 rings (SSSR count). The SMILES string of the molecule is O=C(O)c1cc(-c2ccccc2)nc2c1cnn2Cc1cccc(F)c1. The average Bonchev–Trinajstić information content (AvgIpc) is 3.04. The first-order valence-electron chi connectivity index (χ1n) is 8.01. The fraction of sp³-hybridized carbons (Fsp3) is 0.0500. The van der Waals surface area contributed by atoms with Crippen molar-refractivity contribution >= 4 is 17.0 Å². The molecule has 0 aliphatic rings. The zero-order valence-corrected chi connectivity index (χ0v) is 13.6. The van der Waals surface area contributed by atoms with Crippen molar-refractivity contribution in [1.82, 2.24) is 14.8 Å². The van der Waals surface area contributed by atoms with Crippen LogP contribution in [0.25, 0.3) is 22.3 Å². The van der Waals surface area contributed by atoms with Crippen molar-refractivity contribution in [2.24, 2.45) is 0 Å². The molecule has 0 aliphatic heterocycles. The van der Waals surface area contributed by atoms with E-state index in [9.17, 15) is 14.3 Å². The molecule has 6 heteroatoms. The molecule has 2 heterocycles. The number of pyridine rings is 1. The van der Waals surface area contributed by atoms with Gasteiger partial charge >= 0.3 is 5.97 Å². The summed E-state index contributed by atoms with van der Waals surface area (Å²) in [6.45, 7) is 0.297. The average molecular weight is 347 g/mol. The van der Waals surface area contributed by atoms with Gasteiger partial charge in [0.05, 0.1) is 29.4 Å². The summed E-state index contributed by atoms with van der Waals surface area (Å²) in [5.74, 6) is -1.37.